The molecular formula is C7H16N2O2S2. The van der Waals surface area contributed by atoms with Crippen LogP contribution in [-0.4, -0.2) is 37.1 Å². The second-order valence-electron chi connectivity index (χ2n) is 2.85. The molecule has 0 fully saturated rings. The van der Waals surface area contributed by atoms with Gasteiger partial charge in [-0.15, -0.1) is 0 Å². The van der Waals surface area contributed by atoms with Gasteiger partial charge < -0.3 is 5.73 Å². The van der Waals surface area contributed by atoms with E-state index in [1.54, 1.807) is 7.05 Å². The van der Waals surface area contributed by atoms with Gasteiger partial charge in [-0.25, -0.2) is 12.7 Å². The average molecular weight is 224 g/mol. The van der Waals surface area contributed by atoms with Gasteiger partial charge in [-0.2, -0.15) is 0 Å². The van der Waals surface area contributed by atoms with E-state index in [9.17, 15) is 8.42 Å². The molecule has 2 N–H and O–H groups in total. The van der Waals surface area contributed by atoms with Crippen molar-refractivity contribution in [2.45, 2.75) is 19.8 Å². The quantitative estimate of drug-likeness (QED) is 0.661. The van der Waals surface area contributed by atoms with Crippen LogP contribution in [0.25, 0.3) is 0 Å². The van der Waals surface area contributed by atoms with E-state index in [0.29, 0.717) is 24.4 Å². The van der Waals surface area contributed by atoms with Gasteiger partial charge in [0.25, 0.3) is 0 Å². The summed E-state index contributed by atoms with van der Waals surface area (Å²) in [6.45, 7) is 2.20. The lowest BCUT2D eigenvalue weighted by atomic mass is 10.4. The second-order valence-corrected chi connectivity index (χ2v) is 5.57. The average Bonchev–Trinajstić information content (AvgIpc) is 1.99. The van der Waals surface area contributed by atoms with E-state index in [-0.39, 0.29) is 5.75 Å². The number of thiocarbonyl (C=S) groups is 1. The van der Waals surface area contributed by atoms with Crippen molar-refractivity contribution in [2.75, 3.05) is 19.3 Å². The zero-order valence-electron chi connectivity index (χ0n) is 7.99. The molecule has 0 radical (unpaired) electrons. The SMILES string of the molecule is CCCS(=O)(=O)N(C)CCC(N)=S. The molecule has 0 aromatic rings. The van der Waals surface area contributed by atoms with Crippen LogP contribution in [0.15, 0.2) is 0 Å². The summed E-state index contributed by atoms with van der Waals surface area (Å²) in [5.41, 5.74) is 5.27. The fourth-order valence-corrected chi connectivity index (χ4v) is 2.11. The third-order valence-electron chi connectivity index (χ3n) is 1.61. The predicted octanol–water partition coefficient (Wildman–Crippen LogP) is 0.334. The number of hydrogen-bond donors (Lipinski definition) is 1. The topological polar surface area (TPSA) is 63.4 Å². The molecule has 13 heavy (non-hydrogen) atoms. The number of hydrogen-bond acceptors (Lipinski definition) is 3. The van der Waals surface area contributed by atoms with Crippen LogP contribution >= 0.6 is 12.2 Å². The molecule has 78 valence electrons. The Bertz CT molecular complexity index is 262. The molecule has 0 aliphatic heterocycles. The Morgan fingerprint density at radius 3 is 2.46 bits per heavy atom. The molecule has 0 saturated carbocycles. The summed E-state index contributed by atoms with van der Waals surface area (Å²) in [6, 6.07) is 0. The van der Waals surface area contributed by atoms with E-state index in [4.69, 9.17) is 5.73 Å². The Kier molecular flexibility index (Phi) is 5.43. The fraction of sp³-hybridized carbons (Fsp3) is 0.857. The third-order valence-corrected chi connectivity index (χ3v) is 3.87. The highest BCUT2D eigenvalue weighted by atomic mass is 32.2. The van der Waals surface area contributed by atoms with Crippen molar-refractivity contribution in [3.8, 4) is 0 Å². The van der Waals surface area contributed by atoms with Gasteiger partial charge in [0.1, 0.15) is 0 Å². The number of nitrogens with zero attached hydrogens (tertiary/aromatic N) is 1. The summed E-state index contributed by atoms with van der Waals surface area (Å²) in [5, 5.41) is 0. The molecule has 4 nitrogen and oxygen atoms in total. The Morgan fingerprint density at radius 1 is 1.54 bits per heavy atom. The van der Waals surface area contributed by atoms with Crippen LogP contribution in [0.4, 0.5) is 0 Å². The van der Waals surface area contributed by atoms with Crippen LogP contribution in [0.3, 0.4) is 0 Å². The minimum atomic E-state index is -3.09. The summed E-state index contributed by atoms with van der Waals surface area (Å²) in [6.07, 6.45) is 1.06. The van der Waals surface area contributed by atoms with Crippen molar-refractivity contribution in [3.05, 3.63) is 0 Å². The maximum absolute atomic E-state index is 11.4. The highest BCUT2D eigenvalue weighted by Crippen LogP contribution is 2.01. The molecular weight excluding hydrogens is 208 g/mol. The van der Waals surface area contributed by atoms with Gasteiger partial charge in [-0.3, -0.25) is 0 Å². The van der Waals surface area contributed by atoms with Gasteiger partial charge in [0.15, 0.2) is 0 Å². The first-order valence-corrected chi connectivity index (χ1v) is 6.14. The van der Waals surface area contributed by atoms with Crippen molar-refractivity contribution in [1.82, 2.24) is 4.31 Å². The smallest absolute Gasteiger partial charge is 0.213 e. The zero-order chi connectivity index (χ0) is 10.5. The van der Waals surface area contributed by atoms with Gasteiger partial charge in [0, 0.05) is 20.0 Å². The monoisotopic (exact) mass is 224 g/mol. The van der Waals surface area contributed by atoms with E-state index in [2.05, 4.69) is 12.2 Å². The molecule has 0 aromatic heterocycles. The third kappa shape index (κ3) is 5.17. The standard InChI is InChI=1S/C7H16N2O2S2/c1-3-6-13(10,11)9(2)5-4-7(8)12/h3-6H2,1-2H3,(H2,8,12). The molecule has 0 aliphatic carbocycles. The molecule has 0 atom stereocenters. The lowest BCUT2D eigenvalue weighted by molar-refractivity contribution is 0.478. The van der Waals surface area contributed by atoms with Crippen LogP contribution in [0.1, 0.15) is 19.8 Å². The molecule has 0 aromatic carbocycles. The van der Waals surface area contributed by atoms with Crippen molar-refractivity contribution in [3.63, 3.8) is 0 Å². The summed E-state index contributed by atoms with van der Waals surface area (Å²) in [4.78, 5) is 0.346. The van der Waals surface area contributed by atoms with Crippen molar-refractivity contribution >= 4 is 27.2 Å². The first kappa shape index (κ1) is 12.8. The Hall–Kier alpha value is -0.200. The molecule has 0 amide bonds. The lowest BCUT2D eigenvalue weighted by Gasteiger charge is -2.15. The van der Waals surface area contributed by atoms with Crippen LogP contribution in [-0.2, 0) is 10.0 Å². The number of nitrogens with two attached hydrogens (primary N) is 1. The van der Waals surface area contributed by atoms with Gasteiger partial charge in [-0.1, -0.05) is 19.1 Å². The molecule has 0 spiro atoms. The summed E-state index contributed by atoms with van der Waals surface area (Å²) in [7, 11) is -1.54. The zero-order valence-corrected chi connectivity index (χ0v) is 9.62. The maximum Gasteiger partial charge on any atom is 0.213 e. The molecule has 6 heteroatoms. The second kappa shape index (κ2) is 5.51. The first-order chi connectivity index (χ1) is 5.90. The van der Waals surface area contributed by atoms with Gasteiger partial charge >= 0.3 is 0 Å². The summed E-state index contributed by atoms with van der Waals surface area (Å²) >= 11 is 4.66. The van der Waals surface area contributed by atoms with E-state index in [0.717, 1.165) is 0 Å². The molecule has 0 aliphatic rings. The van der Waals surface area contributed by atoms with Crippen LogP contribution in [0.2, 0.25) is 0 Å². The fourth-order valence-electron chi connectivity index (χ4n) is 0.821. The molecule has 0 heterocycles. The van der Waals surface area contributed by atoms with Crippen LogP contribution < -0.4 is 5.73 Å². The summed E-state index contributed by atoms with van der Waals surface area (Å²) in [5.74, 6) is 0.181. The van der Waals surface area contributed by atoms with Gasteiger partial charge in [0.2, 0.25) is 10.0 Å². The lowest BCUT2D eigenvalue weighted by Crippen LogP contribution is -2.31. The first-order valence-electron chi connectivity index (χ1n) is 4.12. The van der Waals surface area contributed by atoms with E-state index >= 15 is 0 Å². The Morgan fingerprint density at radius 2 is 2.08 bits per heavy atom. The normalized spacial score (nSPS) is 11.9. The maximum atomic E-state index is 11.4. The number of sulfonamides is 1. The van der Waals surface area contributed by atoms with Gasteiger partial charge in [-0.05, 0) is 6.42 Å². The largest absolute Gasteiger partial charge is 0.393 e. The summed E-state index contributed by atoms with van der Waals surface area (Å²) < 4.78 is 24.1. The van der Waals surface area contributed by atoms with Crippen LogP contribution in [0.5, 0.6) is 0 Å². The number of rotatable bonds is 6. The molecule has 0 saturated heterocycles. The molecule has 0 bridgehead atoms. The van der Waals surface area contributed by atoms with E-state index in [1.807, 2.05) is 6.92 Å². The highest BCUT2D eigenvalue weighted by molar-refractivity contribution is 7.89. The minimum absolute atomic E-state index is 0.181. The molecule has 0 unspecified atom stereocenters. The van der Waals surface area contributed by atoms with Crippen LogP contribution in [0, 0.1) is 0 Å². The Balaban J connectivity index is 4.09. The Labute approximate surface area is 85.1 Å². The highest BCUT2D eigenvalue weighted by Gasteiger charge is 2.15. The minimum Gasteiger partial charge on any atom is -0.393 e. The van der Waals surface area contributed by atoms with E-state index in [1.165, 1.54) is 4.31 Å². The predicted molar refractivity (Wildman–Crippen MR) is 58.1 cm³/mol. The molecule has 0 rings (SSSR count). The van der Waals surface area contributed by atoms with Gasteiger partial charge in [0.05, 0.1) is 10.7 Å². The van der Waals surface area contributed by atoms with E-state index < -0.39 is 10.0 Å². The van der Waals surface area contributed by atoms with Crippen molar-refractivity contribution in [2.24, 2.45) is 5.73 Å². The van der Waals surface area contributed by atoms with Crippen molar-refractivity contribution in [1.29, 1.82) is 0 Å². The van der Waals surface area contributed by atoms with Crippen molar-refractivity contribution < 1.29 is 8.42 Å².